The third kappa shape index (κ3) is 3.37. The van der Waals surface area contributed by atoms with Gasteiger partial charge in [-0.2, -0.15) is 0 Å². The third-order valence-corrected chi connectivity index (χ3v) is 4.12. The molecule has 100 valence electrons. The average Bonchev–Trinajstić information content (AvgIpc) is 2.38. The van der Waals surface area contributed by atoms with Gasteiger partial charge in [0.25, 0.3) is 0 Å². The van der Waals surface area contributed by atoms with Crippen molar-refractivity contribution in [2.24, 2.45) is 11.8 Å². The fourth-order valence-electron chi connectivity index (χ4n) is 2.77. The second-order valence-electron chi connectivity index (χ2n) is 5.42. The molecule has 0 spiro atoms. The normalized spacial score (nSPS) is 23.9. The van der Waals surface area contributed by atoms with Gasteiger partial charge in [0, 0.05) is 12.2 Å². The molecule has 0 atom stereocenters. The van der Waals surface area contributed by atoms with Crippen molar-refractivity contribution in [2.45, 2.75) is 39.0 Å². The van der Waals surface area contributed by atoms with Crippen molar-refractivity contribution in [3.8, 4) is 0 Å². The van der Waals surface area contributed by atoms with Gasteiger partial charge in [-0.1, -0.05) is 26.2 Å². The monoisotopic (exact) mass is 250 g/mol. The molecule has 1 fully saturated rings. The fourth-order valence-corrected chi connectivity index (χ4v) is 2.77. The van der Waals surface area contributed by atoms with Gasteiger partial charge >= 0.3 is 0 Å². The van der Waals surface area contributed by atoms with Crippen LogP contribution >= 0.6 is 0 Å². The molecule has 0 unspecified atom stereocenters. The number of hydrogen-bond acceptors (Lipinski definition) is 2. The number of halogens is 1. The molecule has 0 bridgehead atoms. The van der Waals surface area contributed by atoms with E-state index in [-0.39, 0.29) is 5.82 Å². The molecule has 3 N–H and O–H groups in total. The Balaban J connectivity index is 1.81. The molecule has 1 aromatic rings. The van der Waals surface area contributed by atoms with Crippen molar-refractivity contribution >= 4 is 11.4 Å². The summed E-state index contributed by atoms with van der Waals surface area (Å²) in [4.78, 5) is 0. The largest absolute Gasteiger partial charge is 0.399 e. The second-order valence-corrected chi connectivity index (χ2v) is 5.42. The first-order chi connectivity index (χ1) is 8.69. The Labute approximate surface area is 109 Å². The predicted molar refractivity (Wildman–Crippen MR) is 75.0 cm³/mol. The van der Waals surface area contributed by atoms with Crippen molar-refractivity contribution in [1.29, 1.82) is 0 Å². The Bertz CT molecular complexity index is 384. The van der Waals surface area contributed by atoms with Gasteiger partial charge in [0.1, 0.15) is 5.82 Å². The van der Waals surface area contributed by atoms with Crippen LogP contribution in [0.25, 0.3) is 0 Å². The van der Waals surface area contributed by atoms with Crippen molar-refractivity contribution in [3.05, 3.63) is 24.0 Å². The van der Waals surface area contributed by atoms with E-state index in [0.29, 0.717) is 17.3 Å². The first kappa shape index (κ1) is 13.2. The van der Waals surface area contributed by atoms with Gasteiger partial charge in [0.05, 0.1) is 5.69 Å². The van der Waals surface area contributed by atoms with E-state index in [4.69, 9.17) is 5.73 Å². The second kappa shape index (κ2) is 6.07. The molecule has 2 rings (SSSR count). The van der Waals surface area contributed by atoms with Crippen LogP contribution in [-0.2, 0) is 0 Å². The SMILES string of the molecule is CCC1CCC(CNc2ccc(N)cc2F)CC1. The predicted octanol–water partition coefficient (Wildman–Crippen LogP) is 4.04. The van der Waals surface area contributed by atoms with Gasteiger partial charge in [-0.15, -0.1) is 0 Å². The van der Waals surface area contributed by atoms with E-state index in [1.54, 1.807) is 12.1 Å². The van der Waals surface area contributed by atoms with Crippen LogP contribution in [0.3, 0.4) is 0 Å². The zero-order chi connectivity index (χ0) is 13.0. The highest BCUT2D eigenvalue weighted by Crippen LogP contribution is 2.30. The van der Waals surface area contributed by atoms with Gasteiger partial charge in [-0.05, 0) is 42.9 Å². The number of nitrogens with one attached hydrogen (secondary N) is 1. The minimum Gasteiger partial charge on any atom is -0.399 e. The zero-order valence-electron chi connectivity index (χ0n) is 11.1. The van der Waals surface area contributed by atoms with Gasteiger partial charge in [-0.3, -0.25) is 0 Å². The Morgan fingerprint density at radius 2 is 1.89 bits per heavy atom. The number of rotatable bonds is 4. The Hall–Kier alpha value is -1.25. The Morgan fingerprint density at radius 1 is 1.22 bits per heavy atom. The first-order valence-corrected chi connectivity index (χ1v) is 6.98. The first-order valence-electron chi connectivity index (χ1n) is 6.98. The van der Waals surface area contributed by atoms with Crippen LogP contribution < -0.4 is 11.1 Å². The molecule has 0 aromatic heterocycles. The molecular formula is C15H23FN2. The molecule has 3 heteroatoms. The summed E-state index contributed by atoms with van der Waals surface area (Å²) in [5.74, 6) is 1.34. The van der Waals surface area contributed by atoms with Crippen LogP contribution in [0.4, 0.5) is 15.8 Å². The summed E-state index contributed by atoms with van der Waals surface area (Å²) < 4.78 is 13.6. The standard InChI is InChI=1S/C15H23FN2/c1-2-11-3-5-12(6-4-11)10-18-15-8-7-13(17)9-14(15)16/h7-9,11-12,18H,2-6,10,17H2,1H3. The molecule has 0 aliphatic heterocycles. The minimum atomic E-state index is -0.253. The van der Waals surface area contributed by atoms with Gasteiger partial charge in [0.15, 0.2) is 0 Å². The number of hydrogen-bond donors (Lipinski definition) is 2. The lowest BCUT2D eigenvalue weighted by Crippen LogP contribution is -2.21. The average molecular weight is 250 g/mol. The maximum absolute atomic E-state index is 13.6. The van der Waals surface area contributed by atoms with Crippen LogP contribution in [0.15, 0.2) is 18.2 Å². The lowest BCUT2D eigenvalue weighted by Gasteiger charge is -2.28. The highest BCUT2D eigenvalue weighted by molar-refractivity contribution is 5.52. The molecule has 1 saturated carbocycles. The molecule has 1 aliphatic carbocycles. The van der Waals surface area contributed by atoms with Crippen molar-refractivity contribution in [1.82, 2.24) is 0 Å². The molecule has 0 heterocycles. The zero-order valence-corrected chi connectivity index (χ0v) is 11.1. The summed E-state index contributed by atoms with van der Waals surface area (Å²) in [5.41, 5.74) is 6.57. The molecule has 1 aromatic carbocycles. The fraction of sp³-hybridized carbons (Fsp3) is 0.600. The number of anilines is 2. The van der Waals surface area contributed by atoms with Crippen LogP contribution in [0.2, 0.25) is 0 Å². The Morgan fingerprint density at radius 3 is 2.50 bits per heavy atom. The van der Waals surface area contributed by atoms with E-state index in [2.05, 4.69) is 12.2 Å². The number of nitrogens with two attached hydrogens (primary N) is 1. The smallest absolute Gasteiger partial charge is 0.148 e. The maximum Gasteiger partial charge on any atom is 0.148 e. The van der Waals surface area contributed by atoms with Gasteiger partial charge < -0.3 is 11.1 Å². The highest BCUT2D eigenvalue weighted by atomic mass is 19.1. The minimum absolute atomic E-state index is 0.253. The van der Waals surface area contributed by atoms with Crippen LogP contribution in [0, 0.1) is 17.7 Å². The summed E-state index contributed by atoms with van der Waals surface area (Å²) in [5, 5.41) is 3.21. The van der Waals surface area contributed by atoms with E-state index in [1.807, 2.05) is 0 Å². The van der Waals surface area contributed by atoms with E-state index in [1.165, 1.54) is 38.2 Å². The highest BCUT2D eigenvalue weighted by Gasteiger charge is 2.19. The summed E-state index contributed by atoms with van der Waals surface area (Å²) in [6.45, 7) is 3.14. The van der Waals surface area contributed by atoms with Crippen LogP contribution in [0.1, 0.15) is 39.0 Å². The van der Waals surface area contributed by atoms with E-state index >= 15 is 0 Å². The van der Waals surface area contributed by atoms with Crippen LogP contribution in [0.5, 0.6) is 0 Å². The molecule has 0 saturated heterocycles. The van der Waals surface area contributed by atoms with Gasteiger partial charge in [-0.25, -0.2) is 4.39 Å². The van der Waals surface area contributed by atoms with Crippen LogP contribution in [-0.4, -0.2) is 6.54 Å². The lowest BCUT2D eigenvalue weighted by molar-refractivity contribution is 0.278. The molecule has 2 nitrogen and oxygen atoms in total. The molecule has 1 aliphatic rings. The number of benzene rings is 1. The summed E-state index contributed by atoms with van der Waals surface area (Å²) in [7, 11) is 0. The van der Waals surface area contributed by atoms with E-state index in [9.17, 15) is 4.39 Å². The number of nitrogen functional groups attached to an aromatic ring is 1. The topological polar surface area (TPSA) is 38.0 Å². The quantitative estimate of drug-likeness (QED) is 0.792. The summed E-state index contributed by atoms with van der Waals surface area (Å²) >= 11 is 0. The lowest BCUT2D eigenvalue weighted by atomic mass is 9.81. The van der Waals surface area contributed by atoms with E-state index < -0.39 is 0 Å². The van der Waals surface area contributed by atoms with Crippen molar-refractivity contribution < 1.29 is 4.39 Å². The summed E-state index contributed by atoms with van der Waals surface area (Å²) in [6.07, 6.45) is 6.48. The van der Waals surface area contributed by atoms with E-state index in [0.717, 1.165) is 12.5 Å². The summed E-state index contributed by atoms with van der Waals surface area (Å²) in [6, 6.07) is 4.83. The van der Waals surface area contributed by atoms with Gasteiger partial charge in [0.2, 0.25) is 0 Å². The molecule has 18 heavy (non-hydrogen) atoms. The molecular weight excluding hydrogens is 227 g/mol. The molecule has 0 radical (unpaired) electrons. The van der Waals surface area contributed by atoms with Crippen molar-refractivity contribution in [3.63, 3.8) is 0 Å². The van der Waals surface area contributed by atoms with Crippen molar-refractivity contribution in [2.75, 3.05) is 17.6 Å². The molecule has 0 amide bonds. The Kier molecular flexibility index (Phi) is 4.45. The third-order valence-electron chi connectivity index (χ3n) is 4.12. The maximum atomic E-state index is 13.6.